The fourth-order valence-electron chi connectivity index (χ4n) is 2.21. The number of ether oxygens (including phenoxy) is 1. The zero-order chi connectivity index (χ0) is 14.1. The lowest BCUT2D eigenvalue weighted by molar-refractivity contribution is -0.184. The van der Waals surface area contributed by atoms with Crippen LogP contribution in [0.4, 0.5) is 4.79 Å². The molecule has 1 saturated heterocycles. The van der Waals surface area contributed by atoms with Crippen molar-refractivity contribution in [3.05, 3.63) is 11.6 Å². The Morgan fingerprint density at radius 3 is 2.39 bits per heavy atom. The predicted molar refractivity (Wildman–Crippen MR) is 69.7 cm³/mol. The van der Waals surface area contributed by atoms with E-state index in [4.69, 9.17) is 4.74 Å². The van der Waals surface area contributed by atoms with Gasteiger partial charge in [0.1, 0.15) is 0 Å². The maximum atomic E-state index is 11.8. The van der Waals surface area contributed by atoms with Crippen LogP contribution in [0, 0.1) is 0 Å². The first-order valence-electron chi connectivity index (χ1n) is 6.18. The summed E-state index contributed by atoms with van der Waals surface area (Å²) in [6.45, 7) is 7.42. The monoisotopic (exact) mass is 256 g/mol. The molecular weight excluding hydrogens is 232 g/mol. The van der Waals surface area contributed by atoms with Crippen LogP contribution in [0.25, 0.3) is 0 Å². The zero-order valence-electron chi connectivity index (χ0n) is 12.1. The number of allylic oxidation sites excluding steroid dienone is 2. The molecule has 1 N–H and O–H groups in total. The number of hydrazine groups is 1. The molecule has 5 nitrogen and oxygen atoms in total. The Morgan fingerprint density at radius 2 is 2.00 bits per heavy atom. The van der Waals surface area contributed by atoms with E-state index in [9.17, 15) is 9.90 Å². The van der Waals surface area contributed by atoms with Crippen molar-refractivity contribution >= 4 is 6.09 Å². The minimum atomic E-state index is -1.34. The molecule has 0 aliphatic carbocycles. The minimum absolute atomic E-state index is 0.510. The van der Waals surface area contributed by atoms with Crippen molar-refractivity contribution in [2.45, 2.75) is 51.9 Å². The molecule has 2 atom stereocenters. The molecule has 0 unspecified atom stereocenters. The van der Waals surface area contributed by atoms with Gasteiger partial charge in [0.2, 0.25) is 0 Å². The molecule has 5 heteroatoms. The molecule has 1 rings (SSSR count). The van der Waals surface area contributed by atoms with Crippen LogP contribution in [0.1, 0.15) is 40.5 Å². The van der Waals surface area contributed by atoms with Crippen LogP contribution >= 0.6 is 0 Å². The van der Waals surface area contributed by atoms with Gasteiger partial charge in [-0.1, -0.05) is 11.6 Å². The first-order chi connectivity index (χ1) is 8.12. The van der Waals surface area contributed by atoms with E-state index in [1.54, 1.807) is 33.0 Å². The summed E-state index contributed by atoms with van der Waals surface area (Å²) in [5, 5.41) is 13.4. The number of hydrogen-bond acceptors (Lipinski definition) is 4. The van der Waals surface area contributed by atoms with Gasteiger partial charge in [0.05, 0.1) is 0 Å². The highest BCUT2D eigenvalue weighted by Crippen LogP contribution is 2.40. The summed E-state index contributed by atoms with van der Waals surface area (Å²) in [4.78, 5) is 11.8. The van der Waals surface area contributed by atoms with Gasteiger partial charge < -0.3 is 9.84 Å². The van der Waals surface area contributed by atoms with Gasteiger partial charge in [-0.2, -0.15) is 0 Å². The normalized spacial score (nSPS) is 31.8. The van der Waals surface area contributed by atoms with Crippen LogP contribution in [0.5, 0.6) is 0 Å². The lowest BCUT2D eigenvalue weighted by Crippen LogP contribution is -2.58. The molecule has 0 aromatic heterocycles. The van der Waals surface area contributed by atoms with E-state index in [2.05, 4.69) is 6.08 Å². The third-order valence-corrected chi connectivity index (χ3v) is 3.47. The second-order valence-electron chi connectivity index (χ2n) is 5.60. The molecule has 0 aromatic carbocycles. The number of aliphatic hydroxyl groups is 1. The average Bonchev–Trinajstić information content (AvgIpc) is 2.31. The Morgan fingerprint density at radius 1 is 1.44 bits per heavy atom. The molecule has 0 bridgehead atoms. The van der Waals surface area contributed by atoms with E-state index in [1.165, 1.54) is 10.6 Å². The minimum Gasteiger partial charge on any atom is -0.437 e. The third kappa shape index (κ3) is 2.52. The van der Waals surface area contributed by atoms with Gasteiger partial charge in [0.15, 0.2) is 11.3 Å². The van der Waals surface area contributed by atoms with E-state index in [0.29, 0.717) is 6.42 Å². The summed E-state index contributed by atoms with van der Waals surface area (Å²) in [6.07, 6.45) is 2.92. The second-order valence-corrected chi connectivity index (χ2v) is 5.60. The zero-order valence-corrected chi connectivity index (χ0v) is 12.1. The lowest BCUT2D eigenvalue weighted by Gasteiger charge is -2.39. The first-order valence-corrected chi connectivity index (χ1v) is 6.18. The highest BCUT2D eigenvalue weighted by molar-refractivity contribution is 5.71. The highest BCUT2D eigenvalue weighted by atomic mass is 16.6. The van der Waals surface area contributed by atoms with Crippen molar-refractivity contribution in [1.29, 1.82) is 0 Å². The predicted octanol–water partition coefficient (Wildman–Crippen LogP) is 2.13. The summed E-state index contributed by atoms with van der Waals surface area (Å²) >= 11 is 0. The first kappa shape index (κ1) is 15.0. The lowest BCUT2D eigenvalue weighted by atomic mass is 9.89. The molecule has 18 heavy (non-hydrogen) atoms. The number of hydrogen-bond donors (Lipinski definition) is 1. The number of amides is 1. The van der Waals surface area contributed by atoms with E-state index in [0.717, 1.165) is 6.42 Å². The highest BCUT2D eigenvalue weighted by Gasteiger charge is 2.60. The van der Waals surface area contributed by atoms with Gasteiger partial charge in [-0.25, -0.2) is 14.8 Å². The SMILES string of the molecule is CC(C)=CCC[C@@]1(C)OC(=O)N(N(C)C)[C@]1(C)O. The van der Waals surface area contributed by atoms with E-state index in [1.807, 2.05) is 13.8 Å². The van der Waals surface area contributed by atoms with Crippen molar-refractivity contribution in [3.8, 4) is 0 Å². The molecule has 1 aliphatic heterocycles. The Hall–Kier alpha value is -1.07. The van der Waals surface area contributed by atoms with Crippen molar-refractivity contribution in [1.82, 2.24) is 10.0 Å². The Bertz CT molecular complexity index is 359. The molecule has 0 radical (unpaired) electrons. The maximum Gasteiger partial charge on any atom is 0.427 e. The van der Waals surface area contributed by atoms with E-state index < -0.39 is 17.4 Å². The fraction of sp³-hybridized carbons (Fsp3) is 0.769. The third-order valence-electron chi connectivity index (χ3n) is 3.47. The molecule has 0 saturated carbocycles. The Kier molecular flexibility index (Phi) is 4.08. The quantitative estimate of drug-likeness (QED) is 0.783. The number of rotatable bonds is 4. The van der Waals surface area contributed by atoms with Crippen LogP contribution < -0.4 is 0 Å². The van der Waals surface area contributed by atoms with Crippen LogP contribution in [-0.4, -0.2) is 46.6 Å². The van der Waals surface area contributed by atoms with Crippen LogP contribution in [0.3, 0.4) is 0 Å². The van der Waals surface area contributed by atoms with Crippen LogP contribution in [-0.2, 0) is 4.74 Å². The average molecular weight is 256 g/mol. The Labute approximate surface area is 109 Å². The molecule has 0 spiro atoms. The van der Waals surface area contributed by atoms with Gasteiger partial charge in [-0.15, -0.1) is 0 Å². The summed E-state index contributed by atoms with van der Waals surface area (Å²) in [5.41, 5.74) is -1.03. The topological polar surface area (TPSA) is 53.0 Å². The number of carbonyl (C=O) groups is 1. The van der Waals surface area contributed by atoms with Crippen molar-refractivity contribution in [2.24, 2.45) is 0 Å². The van der Waals surface area contributed by atoms with Gasteiger partial charge in [0, 0.05) is 14.1 Å². The van der Waals surface area contributed by atoms with E-state index >= 15 is 0 Å². The summed E-state index contributed by atoms with van der Waals surface area (Å²) in [6, 6.07) is 0. The number of cyclic esters (lactones) is 1. The molecular formula is C13H24N2O3. The van der Waals surface area contributed by atoms with Gasteiger partial charge >= 0.3 is 6.09 Å². The standard InChI is InChI=1S/C13H24N2O3/c1-10(2)8-7-9-12(3)13(4,17)15(14(5)6)11(16)18-12/h8,17H,7,9H2,1-6H3/t12-,13-/m1/s1. The molecule has 1 amide bonds. The van der Waals surface area contributed by atoms with Crippen molar-refractivity contribution < 1.29 is 14.6 Å². The van der Waals surface area contributed by atoms with Crippen LogP contribution in [0.2, 0.25) is 0 Å². The maximum absolute atomic E-state index is 11.8. The van der Waals surface area contributed by atoms with Crippen LogP contribution in [0.15, 0.2) is 11.6 Å². The van der Waals surface area contributed by atoms with Gasteiger partial charge in [-0.3, -0.25) is 0 Å². The molecule has 0 aromatic rings. The van der Waals surface area contributed by atoms with Gasteiger partial charge in [0.25, 0.3) is 0 Å². The molecule has 104 valence electrons. The Balaban J connectivity index is 2.89. The van der Waals surface area contributed by atoms with E-state index in [-0.39, 0.29) is 0 Å². The fourth-order valence-corrected chi connectivity index (χ4v) is 2.21. The van der Waals surface area contributed by atoms with Crippen molar-refractivity contribution in [3.63, 3.8) is 0 Å². The second kappa shape index (κ2) is 4.90. The molecule has 1 fully saturated rings. The largest absolute Gasteiger partial charge is 0.437 e. The summed E-state index contributed by atoms with van der Waals surface area (Å²) in [5.74, 6) is 0. The summed E-state index contributed by atoms with van der Waals surface area (Å²) < 4.78 is 5.39. The smallest absolute Gasteiger partial charge is 0.427 e. The summed E-state index contributed by atoms with van der Waals surface area (Å²) in [7, 11) is 3.41. The van der Waals surface area contributed by atoms with Gasteiger partial charge in [-0.05, 0) is 40.5 Å². The number of nitrogens with zero attached hydrogens (tertiary/aromatic N) is 2. The molecule has 1 aliphatic rings. The number of carbonyl (C=O) groups excluding carboxylic acids is 1. The van der Waals surface area contributed by atoms with Crippen molar-refractivity contribution in [2.75, 3.05) is 14.1 Å². The molecule has 1 heterocycles.